The molecule has 1 heterocycles. The van der Waals surface area contributed by atoms with Crippen LogP contribution in [0.15, 0.2) is 18.2 Å². The van der Waals surface area contributed by atoms with Crippen LogP contribution in [0, 0.1) is 10.1 Å². The van der Waals surface area contributed by atoms with Gasteiger partial charge in [-0.15, -0.1) is 0 Å². The first-order valence-electron chi connectivity index (χ1n) is 6.38. The van der Waals surface area contributed by atoms with Crippen molar-refractivity contribution in [2.45, 2.75) is 25.9 Å². The number of nitrogens with two attached hydrogens (primary N) is 1. The third-order valence-corrected chi connectivity index (χ3v) is 3.71. The monoisotopic (exact) mass is 278 g/mol. The molecular formula is C13H18N4O3. The number of nitro groups is 1. The summed E-state index contributed by atoms with van der Waals surface area (Å²) >= 11 is 0. The molecule has 0 atom stereocenters. The molecule has 1 aromatic rings. The first kappa shape index (κ1) is 14.3. The van der Waals surface area contributed by atoms with Crippen molar-refractivity contribution in [1.82, 2.24) is 10.2 Å². The van der Waals surface area contributed by atoms with Crippen molar-refractivity contribution in [3.8, 4) is 0 Å². The number of hydrogen-bond acceptors (Lipinski definition) is 5. The molecule has 0 radical (unpaired) electrons. The van der Waals surface area contributed by atoms with Crippen molar-refractivity contribution in [2.75, 3.05) is 18.8 Å². The standard InChI is InChI=1S/C13H18N4O3/c1-13(2)12(18)15-5-6-16(13)8-9-7-10(17(19)20)3-4-11(9)14/h3-4,7H,5-6,8,14H2,1-2H3,(H,15,18). The number of anilines is 1. The molecule has 1 aliphatic rings. The normalized spacial score (nSPS) is 18.6. The number of nitrogen functional groups attached to an aromatic ring is 1. The second kappa shape index (κ2) is 5.09. The minimum Gasteiger partial charge on any atom is -0.398 e. The van der Waals surface area contributed by atoms with Gasteiger partial charge >= 0.3 is 0 Å². The molecule has 0 unspecified atom stereocenters. The number of rotatable bonds is 3. The van der Waals surface area contributed by atoms with Crippen molar-refractivity contribution in [1.29, 1.82) is 0 Å². The number of carbonyl (C=O) groups is 1. The van der Waals surface area contributed by atoms with Crippen LogP contribution in [-0.4, -0.2) is 34.4 Å². The number of nitrogens with zero attached hydrogens (tertiary/aromatic N) is 2. The molecule has 0 aromatic heterocycles. The summed E-state index contributed by atoms with van der Waals surface area (Å²) in [4.78, 5) is 24.2. The summed E-state index contributed by atoms with van der Waals surface area (Å²) in [6.07, 6.45) is 0. The fraction of sp³-hybridized carbons (Fsp3) is 0.462. The molecule has 1 aliphatic heterocycles. The minimum atomic E-state index is -0.657. The number of nitro benzene ring substituents is 1. The fourth-order valence-corrected chi connectivity index (χ4v) is 2.27. The molecule has 0 saturated carbocycles. The summed E-state index contributed by atoms with van der Waals surface area (Å²) in [5.74, 6) is -0.0484. The van der Waals surface area contributed by atoms with Crippen molar-refractivity contribution in [3.63, 3.8) is 0 Å². The lowest BCUT2D eigenvalue weighted by atomic mass is 9.97. The molecule has 1 amide bonds. The van der Waals surface area contributed by atoms with Crippen LogP contribution in [0.4, 0.5) is 11.4 Å². The Morgan fingerprint density at radius 2 is 2.20 bits per heavy atom. The van der Waals surface area contributed by atoms with E-state index in [1.54, 1.807) is 0 Å². The Kier molecular flexibility index (Phi) is 3.63. The van der Waals surface area contributed by atoms with Crippen molar-refractivity contribution in [2.24, 2.45) is 0 Å². The van der Waals surface area contributed by atoms with Crippen LogP contribution in [0.5, 0.6) is 0 Å². The zero-order valence-electron chi connectivity index (χ0n) is 11.5. The summed E-state index contributed by atoms with van der Waals surface area (Å²) in [7, 11) is 0. The number of piperazine rings is 1. The number of nitrogens with one attached hydrogen (secondary N) is 1. The lowest BCUT2D eigenvalue weighted by Gasteiger charge is -2.41. The van der Waals surface area contributed by atoms with E-state index in [4.69, 9.17) is 5.73 Å². The summed E-state index contributed by atoms with van der Waals surface area (Å²) < 4.78 is 0. The summed E-state index contributed by atoms with van der Waals surface area (Å²) in [5, 5.41) is 13.6. The summed E-state index contributed by atoms with van der Waals surface area (Å²) in [5.41, 5.74) is 6.40. The maximum atomic E-state index is 11.9. The molecule has 1 fully saturated rings. The topological polar surface area (TPSA) is 102 Å². The molecule has 1 saturated heterocycles. The molecular weight excluding hydrogens is 260 g/mol. The van der Waals surface area contributed by atoms with Gasteiger partial charge in [0.15, 0.2) is 0 Å². The molecule has 108 valence electrons. The van der Waals surface area contributed by atoms with Gasteiger partial charge in [0.05, 0.1) is 10.5 Å². The van der Waals surface area contributed by atoms with Gasteiger partial charge in [0.2, 0.25) is 5.91 Å². The van der Waals surface area contributed by atoms with E-state index in [0.29, 0.717) is 30.9 Å². The summed E-state index contributed by atoms with van der Waals surface area (Å²) in [6, 6.07) is 4.38. The van der Waals surface area contributed by atoms with E-state index < -0.39 is 10.5 Å². The Labute approximate surface area is 116 Å². The molecule has 20 heavy (non-hydrogen) atoms. The Morgan fingerprint density at radius 1 is 1.50 bits per heavy atom. The quantitative estimate of drug-likeness (QED) is 0.485. The van der Waals surface area contributed by atoms with Crippen LogP contribution in [-0.2, 0) is 11.3 Å². The van der Waals surface area contributed by atoms with Crippen LogP contribution in [0.1, 0.15) is 19.4 Å². The van der Waals surface area contributed by atoms with Crippen molar-refractivity contribution in [3.05, 3.63) is 33.9 Å². The number of benzene rings is 1. The first-order valence-corrected chi connectivity index (χ1v) is 6.38. The van der Waals surface area contributed by atoms with Gasteiger partial charge in [0.25, 0.3) is 5.69 Å². The Bertz CT molecular complexity index is 557. The van der Waals surface area contributed by atoms with Gasteiger partial charge in [-0.05, 0) is 25.5 Å². The predicted octanol–water partition coefficient (Wildman–Crippen LogP) is 0.887. The molecule has 0 aliphatic carbocycles. The lowest BCUT2D eigenvalue weighted by Crippen LogP contribution is -2.61. The van der Waals surface area contributed by atoms with Gasteiger partial charge in [-0.1, -0.05) is 0 Å². The highest BCUT2D eigenvalue weighted by Gasteiger charge is 2.37. The van der Waals surface area contributed by atoms with Gasteiger partial charge in [-0.2, -0.15) is 0 Å². The average molecular weight is 278 g/mol. The SMILES string of the molecule is CC1(C)C(=O)NCCN1Cc1cc([N+](=O)[O-])ccc1N. The van der Waals surface area contributed by atoms with E-state index in [1.165, 1.54) is 18.2 Å². The highest BCUT2D eigenvalue weighted by Crippen LogP contribution is 2.25. The zero-order valence-corrected chi connectivity index (χ0v) is 11.5. The maximum Gasteiger partial charge on any atom is 0.269 e. The second-order valence-electron chi connectivity index (χ2n) is 5.38. The van der Waals surface area contributed by atoms with E-state index in [0.717, 1.165) is 0 Å². The number of non-ortho nitro benzene ring substituents is 1. The number of carbonyl (C=O) groups excluding carboxylic acids is 1. The minimum absolute atomic E-state index is 0.00784. The smallest absolute Gasteiger partial charge is 0.269 e. The average Bonchev–Trinajstić information content (AvgIpc) is 2.37. The Hall–Kier alpha value is -2.15. The van der Waals surface area contributed by atoms with Crippen molar-refractivity contribution >= 4 is 17.3 Å². The molecule has 1 aromatic carbocycles. The largest absolute Gasteiger partial charge is 0.398 e. The van der Waals surface area contributed by atoms with Crippen molar-refractivity contribution < 1.29 is 9.72 Å². The number of amides is 1. The first-order chi connectivity index (χ1) is 9.32. The third-order valence-electron chi connectivity index (χ3n) is 3.71. The molecule has 7 nitrogen and oxygen atoms in total. The second-order valence-corrected chi connectivity index (χ2v) is 5.38. The highest BCUT2D eigenvalue weighted by molar-refractivity contribution is 5.86. The van der Waals surface area contributed by atoms with Gasteiger partial charge in [0, 0.05) is 37.5 Å². The van der Waals surface area contributed by atoms with E-state index >= 15 is 0 Å². The summed E-state index contributed by atoms with van der Waals surface area (Å²) in [6.45, 7) is 5.32. The third kappa shape index (κ3) is 2.57. The number of hydrogen-bond donors (Lipinski definition) is 2. The van der Waals surface area contributed by atoms with E-state index in [-0.39, 0.29) is 11.6 Å². The van der Waals surface area contributed by atoms with Crippen LogP contribution < -0.4 is 11.1 Å². The van der Waals surface area contributed by atoms with Crippen LogP contribution in [0.25, 0.3) is 0 Å². The Balaban J connectivity index is 2.27. The lowest BCUT2D eigenvalue weighted by molar-refractivity contribution is -0.384. The molecule has 0 spiro atoms. The maximum absolute atomic E-state index is 11.9. The van der Waals surface area contributed by atoms with Gasteiger partial charge < -0.3 is 11.1 Å². The Morgan fingerprint density at radius 3 is 2.85 bits per heavy atom. The van der Waals surface area contributed by atoms with Gasteiger partial charge in [-0.3, -0.25) is 19.8 Å². The van der Waals surface area contributed by atoms with Gasteiger partial charge in [0.1, 0.15) is 0 Å². The molecule has 2 rings (SSSR count). The van der Waals surface area contributed by atoms with Crippen LogP contribution in [0.3, 0.4) is 0 Å². The fourth-order valence-electron chi connectivity index (χ4n) is 2.27. The van der Waals surface area contributed by atoms with Crippen LogP contribution >= 0.6 is 0 Å². The van der Waals surface area contributed by atoms with E-state index in [2.05, 4.69) is 5.32 Å². The van der Waals surface area contributed by atoms with Crippen LogP contribution in [0.2, 0.25) is 0 Å². The predicted molar refractivity (Wildman–Crippen MR) is 75.0 cm³/mol. The van der Waals surface area contributed by atoms with E-state index in [9.17, 15) is 14.9 Å². The highest BCUT2D eigenvalue weighted by atomic mass is 16.6. The van der Waals surface area contributed by atoms with Gasteiger partial charge in [-0.25, -0.2) is 0 Å². The molecule has 7 heteroatoms. The zero-order chi connectivity index (χ0) is 14.9. The molecule has 0 bridgehead atoms. The van der Waals surface area contributed by atoms with E-state index in [1.807, 2.05) is 18.7 Å². The molecule has 3 N–H and O–H groups in total.